The zero-order valence-electron chi connectivity index (χ0n) is 17.6. The number of hydrogen-bond acceptors (Lipinski definition) is 6. The van der Waals surface area contributed by atoms with Gasteiger partial charge in [0.25, 0.3) is 0 Å². The average molecular weight is 414 g/mol. The molecule has 0 radical (unpaired) electrons. The van der Waals surface area contributed by atoms with E-state index in [1.807, 2.05) is 12.1 Å². The topological polar surface area (TPSA) is 86.3 Å². The quantitative estimate of drug-likeness (QED) is 0.714. The van der Waals surface area contributed by atoms with Crippen LogP contribution in [0.5, 0.6) is 23.0 Å². The van der Waals surface area contributed by atoms with Gasteiger partial charge in [0.1, 0.15) is 11.5 Å². The summed E-state index contributed by atoms with van der Waals surface area (Å²) in [4.78, 5) is 26.8. The molecule has 2 aromatic rings. The molecule has 160 valence electrons. The van der Waals surface area contributed by atoms with Gasteiger partial charge in [0.15, 0.2) is 11.5 Å². The van der Waals surface area contributed by atoms with Gasteiger partial charge < -0.3 is 29.2 Å². The third-order valence-electron chi connectivity index (χ3n) is 5.12. The fraction of sp³-hybridized carbons (Fsp3) is 0.364. The van der Waals surface area contributed by atoms with E-state index in [4.69, 9.17) is 18.9 Å². The Kier molecular flexibility index (Phi) is 6.66. The van der Waals surface area contributed by atoms with Crippen LogP contribution in [0.15, 0.2) is 36.4 Å². The Labute approximate surface area is 175 Å². The maximum atomic E-state index is 12.7. The summed E-state index contributed by atoms with van der Waals surface area (Å²) in [5.41, 5.74) is 1.50. The Hall–Kier alpha value is -3.42. The minimum Gasteiger partial charge on any atom is -0.497 e. The fourth-order valence-electron chi connectivity index (χ4n) is 3.45. The highest BCUT2D eigenvalue weighted by atomic mass is 16.5. The zero-order valence-corrected chi connectivity index (χ0v) is 17.6. The van der Waals surface area contributed by atoms with Crippen molar-refractivity contribution in [2.24, 2.45) is 5.92 Å². The number of hydrogen-bond donors (Lipinski definition) is 1. The lowest BCUT2D eigenvalue weighted by atomic mass is 10.1. The molecule has 1 unspecified atom stereocenters. The summed E-state index contributed by atoms with van der Waals surface area (Å²) < 4.78 is 21.1. The third kappa shape index (κ3) is 4.42. The summed E-state index contributed by atoms with van der Waals surface area (Å²) in [6.07, 6.45) is 0.153. The van der Waals surface area contributed by atoms with Crippen LogP contribution in [0.3, 0.4) is 0 Å². The van der Waals surface area contributed by atoms with E-state index >= 15 is 0 Å². The van der Waals surface area contributed by atoms with Gasteiger partial charge in [0, 0.05) is 42.9 Å². The molecule has 0 aliphatic carbocycles. The zero-order chi connectivity index (χ0) is 21.7. The predicted molar refractivity (Wildman–Crippen MR) is 111 cm³/mol. The van der Waals surface area contributed by atoms with Crippen LogP contribution >= 0.6 is 0 Å². The van der Waals surface area contributed by atoms with Crippen molar-refractivity contribution in [3.05, 3.63) is 42.0 Å². The van der Waals surface area contributed by atoms with Gasteiger partial charge in [0.05, 0.1) is 34.4 Å². The number of methoxy groups -OCH3 is 4. The first-order valence-electron chi connectivity index (χ1n) is 9.51. The Morgan fingerprint density at radius 3 is 2.37 bits per heavy atom. The highest BCUT2D eigenvalue weighted by Gasteiger charge is 2.35. The molecular weight excluding hydrogens is 388 g/mol. The summed E-state index contributed by atoms with van der Waals surface area (Å²) >= 11 is 0. The van der Waals surface area contributed by atoms with Gasteiger partial charge in [-0.3, -0.25) is 9.59 Å². The number of amides is 2. The van der Waals surface area contributed by atoms with E-state index in [0.29, 0.717) is 41.8 Å². The second-order valence-corrected chi connectivity index (χ2v) is 6.84. The van der Waals surface area contributed by atoms with Gasteiger partial charge in [-0.15, -0.1) is 0 Å². The minimum absolute atomic E-state index is 0.107. The van der Waals surface area contributed by atoms with Crippen LogP contribution in [0.1, 0.15) is 12.0 Å². The standard InChI is InChI=1S/C22H26N2O6/c1-27-17-7-5-14(19(11-17)29-3)12-23-22(26)15-9-21(25)24(13-15)16-6-8-18(28-2)20(10-16)30-4/h5-8,10-11,15H,9,12-13H2,1-4H3,(H,23,26). The molecule has 3 rings (SSSR count). The highest BCUT2D eigenvalue weighted by molar-refractivity contribution is 6.00. The predicted octanol–water partition coefficient (Wildman–Crippen LogP) is 2.39. The highest BCUT2D eigenvalue weighted by Crippen LogP contribution is 2.34. The van der Waals surface area contributed by atoms with Gasteiger partial charge in [-0.05, 0) is 24.3 Å². The normalized spacial score (nSPS) is 15.7. The van der Waals surface area contributed by atoms with Crippen LogP contribution in [0.25, 0.3) is 0 Å². The maximum absolute atomic E-state index is 12.7. The first-order valence-corrected chi connectivity index (χ1v) is 9.51. The lowest BCUT2D eigenvalue weighted by Crippen LogP contribution is -2.32. The molecule has 1 aliphatic rings. The van der Waals surface area contributed by atoms with Gasteiger partial charge in [0.2, 0.25) is 11.8 Å². The number of nitrogens with zero attached hydrogens (tertiary/aromatic N) is 1. The van der Waals surface area contributed by atoms with E-state index < -0.39 is 5.92 Å². The van der Waals surface area contributed by atoms with Crippen molar-refractivity contribution in [3.8, 4) is 23.0 Å². The van der Waals surface area contributed by atoms with E-state index in [2.05, 4.69) is 5.32 Å². The summed E-state index contributed by atoms with van der Waals surface area (Å²) in [7, 11) is 6.24. The van der Waals surface area contributed by atoms with E-state index in [1.165, 1.54) is 7.11 Å². The molecule has 0 aromatic heterocycles. The summed E-state index contributed by atoms with van der Waals surface area (Å²) in [6.45, 7) is 0.604. The minimum atomic E-state index is -0.435. The number of ether oxygens (including phenoxy) is 4. The Morgan fingerprint density at radius 1 is 0.967 bits per heavy atom. The molecule has 8 nitrogen and oxygen atoms in total. The molecule has 0 bridgehead atoms. The monoisotopic (exact) mass is 414 g/mol. The Balaban J connectivity index is 1.66. The van der Waals surface area contributed by atoms with Crippen molar-refractivity contribution in [2.75, 3.05) is 39.9 Å². The molecule has 0 spiro atoms. The number of rotatable bonds is 8. The number of carbonyl (C=O) groups excluding carboxylic acids is 2. The Morgan fingerprint density at radius 2 is 1.70 bits per heavy atom. The van der Waals surface area contributed by atoms with E-state index in [0.717, 1.165) is 5.56 Å². The van der Waals surface area contributed by atoms with Crippen molar-refractivity contribution in [3.63, 3.8) is 0 Å². The van der Waals surface area contributed by atoms with Gasteiger partial charge in [-0.1, -0.05) is 0 Å². The summed E-state index contributed by atoms with van der Waals surface area (Å²) in [6, 6.07) is 10.7. The SMILES string of the molecule is COc1ccc(CNC(=O)C2CC(=O)N(c3ccc(OC)c(OC)c3)C2)c(OC)c1. The smallest absolute Gasteiger partial charge is 0.227 e. The van der Waals surface area contributed by atoms with Crippen molar-refractivity contribution in [1.82, 2.24) is 5.32 Å². The van der Waals surface area contributed by atoms with Gasteiger partial charge in [-0.2, -0.15) is 0 Å². The molecule has 1 aliphatic heterocycles. The van der Waals surface area contributed by atoms with Crippen LogP contribution in [-0.4, -0.2) is 46.8 Å². The summed E-state index contributed by atoms with van der Waals surface area (Å²) in [5.74, 6) is 1.69. The first kappa shape index (κ1) is 21.3. The number of carbonyl (C=O) groups is 2. The van der Waals surface area contributed by atoms with Crippen molar-refractivity contribution in [1.29, 1.82) is 0 Å². The van der Waals surface area contributed by atoms with Gasteiger partial charge >= 0.3 is 0 Å². The van der Waals surface area contributed by atoms with Gasteiger partial charge in [-0.25, -0.2) is 0 Å². The molecule has 1 atom stereocenters. The van der Waals surface area contributed by atoms with E-state index in [-0.39, 0.29) is 18.2 Å². The van der Waals surface area contributed by atoms with Crippen LogP contribution < -0.4 is 29.2 Å². The summed E-state index contributed by atoms with van der Waals surface area (Å²) in [5, 5.41) is 2.90. The number of nitrogens with one attached hydrogen (secondary N) is 1. The van der Waals surface area contributed by atoms with Crippen LogP contribution in [0.2, 0.25) is 0 Å². The van der Waals surface area contributed by atoms with Crippen LogP contribution in [0, 0.1) is 5.92 Å². The number of benzene rings is 2. The second kappa shape index (κ2) is 9.39. The second-order valence-electron chi connectivity index (χ2n) is 6.84. The van der Waals surface area contributed by atoms with Crippen molar-refractivity contribution < 1.29 is 28.5 Å². The lowest BCUT2D eigenvalue weighted by molar-refractivity contribution is -0.126. The third-order valence-corrected chi connectivity index (χ3v) is 5.12. The van der Waals surface area contributed by atoms with Crippen LogP contribution in [0.4, 0.5) is 5.69 Å². The largest absolute Gasteiger partial charge is 0.497 e. The average Bonchev–Trinajstić information content (AvgIpc) is 3.18. The van der Waals surface area contributed by atoms with Crippen LogP contribution in [-0.2, 0) is 16.1 Å². The fourth-order valence-corrected chi connectivity index (χ4v) is 3.45. The molecule has 8 heteroatoms. The van der Waals surface area contributed by atoms with E-state index in [1.54, 1.807) is 50.5 Å². The molecule has 2 aromatic carbocycles. The molecule has 1 heterocycles. The lowest BCUT2D eigenvalue weighted by Gasteiger charge is -2.18. The van der Waals surface area contributed by atoms with Crippen molar-refractivity contribution >= 4 is 17.5 Å². The maximum Gasteiger partial charge on any atom is 0.227 e. The van der Waals surface area contributed by atoms with Crippen molar-refractivity contribution in [2.45, 2.75) is 13.0 Å². The Bertz CT molecular complexity index is 930. The molecule has 2 amide bonds. The molecule has 0 saturated carbocycles. The first-order chi connectivity index (χ1) is 14.5. The van der Waals surface area contributed by atoms with E-state index in [9.17, 15) is 9.59 Å². The molecular formula is C22H26N2O6. The molecule has 30 heavy (non-hydrogen) atoms. The molecule has 1 N–H and O–H groups in total. The number of anilines is 1. The molecule has 1 fully saturated rings. The molecule has 1 saturated heterocycles.